The summed E-state index contributed by atoms with van der Waals surface area (Å²) in [5.41, 5.74) is 5.73. The number of carbonyl (C=O) groups is 1. The quantitative estimate of drug-likeness (QED) is 0.657. The lowest BCUT2D eigenvalue weighted by Gasteiger charge is -2.23. The van der Waals surface area contributed by atoms with Gasteiger partial charge in [-0.25, -0.2) is 8.78 Å². The van der Waals surface area contributed by atoms with E-state index in [-0.39, 0.29) is 17.9 Å². The van der Waals surface area contributed by atoms with Gasteiger partial charge in [-0.05, 0) is 11.8 Å². The third kappa shape index (κ3) is 9.00. The lowest BCUT2D eigenvalue weighted by Crippen LogP contribution is -2.41. The summed E-state index contributed by atoms with van der Waals surface area (Å²) >= 11 is 0. The molecule has 0 aliphatic heterocycles. The third-order valence-electron chi connectivity index (χ3n) is 2.10. The van der Waals surface area contributed by atoms with Crippen molar-refractivity contribution < 1.29 is 18.7 Å². The second kappa shape index (κ2) is 6.26. The molecular weight excluding hydrogens is 230 g/mol. The molecule has 17 heavy (non-hydrogen) atoms. The highest BCUT2D eigenvalue weighted by atomic mass is 19.3. The standard InChI is InChI=1S/C11H22F2N2O2/c1-10(2,3)5-8(14)4-9(17)15-6-11(12,13)7-16/h8,16H,4-7,14H2,1-3H3,(H,15,17). The van der Waals surface area contributed by atoms with Crippen LogP contribution in [-0.4, -0.2) is 36.1 Å². The molecule has 6 heteroatoms. The maximum atomic E-state index is 12.6. The van der Waals surface area contributed by atoms with E-state index in [0.717, 1.165) is 0 Å². The summed E-state index contributed by atoms with van der Waals surface area (Å²) in [6.07, 6.45) is 0.648. The fourth-order valence-electron chi connectivity index (χ4n) is 1.45. The Bertz CT molecular complexity index is 252. The fraction of sp³-hybridized carbons (Fsp3) is 0.909. The molecule has 0 bridgehead atoms. The van der Waals surface area contributed by atoms with Crippen molar-refractivity contribution in [2.45, 2.75) is 45.6 Å². The highest BCUT2D eigenvalue weighted by Gasteiger charge is 2.28. The Labute approximate surface area is 101 Å². The number of aliphatic hydroxyl groups is 1. The molecule has 1 unspecified atom stereocenters. The summed E-state index contributed by atoms with van der Waals surface area (Å²) in [7, 11) is 0. The zero-order valence-electron chi connectivity index (χ0n) is 10.6. The van der Waals surface area contributed by atoms with Gasteiger partial charge < -0.3 is 16.2 Å². The number of nitrogens with one attached hydrogen (secondary N) is 1. The molecule has 4 nitrogen and oxygen atoms in total. The van der Waals surface area contributed by atoms with Crippen LogP contribution in [0.2, 0.25) is 0 Å². The minimum atomic E-state index is -3.27. The summed E-state index contributed by atoms with van der Waals surface area (Å²) in [4.78, 5) is 11.3. The lowest BCUT2D eigenvalue weighted by molar-refractivity contribution is -0.124. The van der Waals surface area contributed by atoms with Gasteiger partial charge in [0.1, 0.15) is 6.61 Å². The number of hydrogen-bond acceptors (Lipinski definition) is 3. The van der Waals surface area contributed by atoms with Crippen molar-refractivity contribution in [3.05, 3.63) is 0 Å². The molecule has 102 valence electrons. The second-order valence-electron chi connectivity index (χ2n) is 5.52. The molecule has 0 aromatic heterocycles. The number of aliphatic hydroxyl groups excluding tert-OH is 1. The molecule has 0 rings (SSSR count). The van der Waals surface area contributed by atoms with E-state index in [1.54, 1.807) is 0 Å². The van der Waals surface area contributed by atoms with Gasteiger partial charge in [-0.15, -0.1) is 0 Å². The van der Waals surface area contributed by atoms with Gasteiger partial charge in [-0.3, -0.25) is 4.79 Å². The number of rotatable bonds is 6. The van der Waals surface area contributed by atoms with Gasteiger partial charge in [0.25, 0.3) is 5.92 Å². The molecule has 4 N–H and O–H groups in total. The van der Waals surface area contributed by atoms with Crippen molar-refractivity contribution in [2.24, 2.45) is 11.1 Å². The van der Waals surface area contributed by atoms with E-state index in [9.17, 15) is 13.6 Å². The first-order valence-electron chi connectivity index (χ1n) is 5.57. The van der Waals surface area contributed by atoms with Gasteiger partial charge in [0, 0.05) is 12.5 Å². The van der Waals surface area contributed by atoms with Gasteiger partial charge in [0.15, 0.2) is 0 Å². The first kappa shape index (κ1) is 16.2. The van der Waals surface area contributed by atoms with Crippen LogP contribution in [0.4, 0.5) is 8.78 Å². The largest absolute Gasteiger partial charge is 0.390 e. The van der Waals surface area contributed by atoms with Crippen molar-refractivity contribution in [2.75, 3.05) is 13.2 Å². The number of hydrogen-bond donors (Lipinski definition) is 3. The van der Waals surface area contributed by atoms with Crippen molar-refractivity contribution in [3.8, 4) is 0 Å². The van der Waals surface area contributed by atoms with E-state index in [1.807, 2.05) is 20.8 Å². The lowest BCUT2D eigenvalue weighted by atomic mass is 9.87. The van der Waals surface area contributed by atoms with Gasteiger partial charge in [0.2, 0.25) is 5.91 Å². The van der Waals surface area contributed by atoms with E-state index < -0.39 is 25.0 Å². The van der Waals surface area contributed by atoms with E-state index in [2.05, 4.69) is 5.32 Å². The van der Waals surface area contributed by atoms with Gasteiger partial charge >= 0.3 is 0 Å². The molecule has 0 radical (unpaired) electrons. The smallest absolute Gasteiger partial charge is 0.287 e. The minimum Gasteiger partial charge on any atom is -0.390 e. The Hall–Kier alpha value is -0.750. The maximum Gasteiger partial charge on any atom is 0.287 e. The van der Waals surface area contributed by atoms with Gasteiger partial charge in [0.05, 0.1) is 6.54 Å². The Morgan fingerprint density at radius 3 is 2.35 bits per heavy atom. The first-order valence-corrected chi connectivity index (χ1v) is 5.57. The summed E-state index contributed by atoms with van der Waals surface area (Å²) in [5, 5.41) is 10.4. The topological polar surface area (TPSA) is 75.4 Å². The molecule has 0 aromatic rings. The summed E-state index contributed by atoms with van der Waals surface area (Å²) in [6, 6.07) is -0.349. The third-order valence-corrected chi connectivity index (χ3v) is 2.10. The average Bonchev–Trinajstić information content (AvgIpc) is 2.12. The fourth-order valence-corrected chi connectivity index (χ4v) is 1.45. The van der Waals surface area contributed by atoms with E-state index in [1.165, 1.54) is 0 Å². The molecule has 0 heterocycles. The molecule has 0 fully saturated rings. The highest BCUT2D eigenvalue weighted by Crippen LogP contribution is 2.21. The Morgan fingerprint density at radius 2 is 1.94 bits per heavy atom. The summed E-state index contributed by atoms with van der Waals surface area (Å²) in [6.45, 7) is 3.84. The van der Waals surface area contributed by atoms with Crippen LogP contribution in [0, 0.1) is 5.41 Å². The van der Waals surface area contributed by atoms with Crippen molar-refractivity contribution >= 4 is 5.91 Å². The number of carbonyl (C=O) groups excluding carboxylic acids is 1. The molecule has 0 aliphatic carbocycles. The van der Waals surface area contributed by atoms with Crippen molar-refractivity contribution in [3.63, 3.8) is 0 Å². The number of alkyl halides is 2. The molecule has 0 aliphatic rings. The second-order valence-corrected chi connectivity index (χ2v) is 5.52. The maximum absolute atomic E-state index is 12.6. The van der Waals surface area contributed by atoms with Crippen LogP contribution >= 0.6 is 0 Å². The van der Waals surface area contributed by atoms with Crippen molar-refractivity contribution in [1.82, 2.24) is 5.32 Å². The number of amides is 1. The SMILES string of the molecule is CC(C)(C)CC(N)CC(=O)NCC(F)(F)CO. The van der Waals surface area contributed by atoms with Crippen LogP contribution in [0.3, 0.4) is 0 Å². The monoisotopic (exact) mass is 252 g/mol. The van der Waals surface area contributed by atoms with Crippen LogP contribution in [0.1, 0.15) is 33.6 Å². The van der Waals surface area contributed by atoms with E-state index >= 15 is 0 Å². The normalized spacial score (nSPS) is 14.5. The van der Waals surface area contributed by atoms with Crippen molar-refractivity contribution in [1.29, 1.82) is 0 Å². The predicted octanol–water partition coefficient (Wildman–Crippen LogP) is 0.884. The zero-order valence-corrected chi connectivity index (χ0v) is 10.6. The number of halogens is 2. The summed E-state index contributed by atoms with van der Waals surface area (Å²) in [5.74, 6) is -3.79. The molecule has 0 aromatic carbocycles. The van der Waals surface area contributed by atoms with Crippen LogP contribution in [0.15, 0.2) is 0 Å². The molecule has 1 amide bonds. The average molecular weight is 252 g/mol. The molecular formula is C11H22F2N2O2. The Morgan fingerprint density at radius 1 is 1.41 bits per heavy atom. The Balaban J connectivity index is 3.95. The van der Waals surface area contributed by atoms with Crippen LogP contribution in [-0.2, 0) is 4.79 Å². The van der Waals surface area contributed by atoms with Crippen LogP contribution in [0.5, 0.6) is 0 Å². The first-order chi connectivity index (χ1) is 7.56. The Kier molecular flexibility index (Phi) is 5.98. The molecule has 0 saturated carbocycles. The van der Waals surface area contributed by atoms with E-state index in [4.69, 9.17) is 10.8 Å². The molecule has 0 saturated heterocycles. The predicted molar refractivity (Wildman–Crippen MR) is 61.7 cm³/mol. The highest BCUT2D eigenvalue weighted by molar-refractivity contribution is 5.76. The molecule has 0 spiro atoms. The van der Waals surface area contributed by atoms with Gasteiger partial charge in [-0.1, -0.05) is 20.8 Å². The van der Waals surface area contributed by atoms with E-state index in [0.29, 0.717) is 6.42 Å². The number of nitrogens with two attached hydrogens (primary N) is 1. The summed E-state index contributed by atoms with van der Waals surface area (Å²) < 4.78 is 25.3. The van der Waals surface area contributed by atoms with Crippen LogP contribution < -0.4 is 11.1 Å². The van der Waals surface area contributed by atoms with Gasteiger partial charge in [-0.2, -0.15) is 0 Å². The van der Waals surface area contributed by atoms with Crippen LogP contribution in [0.25, 0.3) is 0 Å². The minimum absolute atomic E-state index is 0.00523. The molecule has 1 atom stereocenters. The zero-order chi connectivity index (χ0) is 13.7.